The molecule has 0 aliphatic rings. The number of hydrogen-bond donors (Lipinski definition) is 0. The summed E-state index contributed by atoms with van der Waals surface area (Å²) in [5, 5.41) is 0. The van der Waals surface area contributed by atoms with Gasteiger partial charge in [-0.3, -0.25) is 4.79 Å². The highest BCUT2D eigenvalue weighted by Gasteiger charge is 2.18. The maximum atomic E-state index is 11.4. The van der Waals surface area contributed by atoms with Crippen LogP contribution < -0.4 is 4.90 Å². The largest absolute Gasteiger partial charge is 0.460 e. The Morgan fingerprint density at radius 2 is 1.88 bits per heavy atom. The Bertz CT molecular complexity index is 387. The number of Topliss-reactive ketones (excluding diaryl/α,β-unsaturated/α-hetero) is 1. The molecule has 0 amide bonds. The third-order valence-electron chi connectivity index (χ3n) is 1.76. The quantitative estimate of drug-likeness (QED) is 0.415. The summed E-state index contributed by atoms with van der Waals surface area (Å²) in [7, 11) is 3.56. The molecule has 86 valence electrons. The molecule has 1 aromatic heterocycles. The normalized spacial score (nSPS) is 9.69. The van der Waals surface area contributed by atoms with Crippen LogP contribution in [0.15, 0.2) is 12.4 Å². The highest BCUT2D eigenvalue weighted by Crippen LogP contribution is 2.04. The van der Waals surface area contributed by atoms with Crippen LogP contribution in [-0.4, -0.2) is 42.4 Å². The molecule has 0 spiro atoms. The first-order chi connectivity index (χ1) is 7.56. The van der Waals surface area contributed by atoms with Gasteiger partial charge in [-0.15, -0.1) is 0 Å². The maximum absolute atomic E-state index is 11.4. The Morgan fingerprint density at radius 1 is 1.31 bits per heavy atom. The van der Waals surface area contributed by atoms with E-state index in [1.807, 2.05) is 0 Å². The van der Waals surface area contributed by atoms with E-state index < -0.39 is 11.8 Å². The van der Waals surface area contributed by atoms with Gasteiger partial charge in [0.05, 0.1) is 12.2 Å². The van der Waals surface area contributed by atoms with Gasteiger partial charge in [0.15, 0.2) is 0 Å². The van der Waals surface area contributed by atoms with Gasteiger partial charge in [-0.25, -0.2) is 14.8 Å². The van der Waals surface area contributed by atoms with E-state index in [9.17, 15) is 9.59 Å². The number of nitrogens with zero attached hydrogens (tertiary/aromatic N) is 3. The lowest BCUT2D eigenvalue weighted by atomic mass is 10.2. The van der Waals surface area contributed by atoms with E-state index in [1.54, 1.807) is 25.9 Å². The highest BCUT2D eigenvalue weighted by molar-refractivity contribution is 6.40. The maximum Gasteiger partial charge on any atom is 0.379 e. The summed E-state index contributed by atoms with van der Waals surface area (Å²) in [4.78, 5) is 32.1. The van der Waals surface area contributed by atoms with Crippen LogP contribution in [0, 0.1) is 0 Å². The van der Waals surface area contributed by atoms with Gasteiger partial charge in [-0.2, -0.15) is 0 Å². The summed E-state index contributed by atoms with van der Waals surface area (Å²) in [5.41, 5.74) is 0.129. The first kappa shape index (κ1) is 12.1. The molecule has 0 aromatic carbocycles. The fraction of sp³-hybridized carbons (Fsp3) is 0.400. The predicted molar refractivity (Wildman–Crippen MR) is 57.3 cm³/mol. The number of hydrogen-bond acceptors (Lipinski definition) is 6. The standard InChI is InChI=1S/C10H13N3O3/c1-4-16-9(15)8(14)7-5-11-10(12-6-7)13(2)3/h5-6H,4H2,1-3H3. The van der Waals surface area contributed by atoms with E-state index in [0.29, 0.717) is 5.95 Å². The summed E-state index contributed by atoms with van der Waals surface area (Å²) >= 11 is 0. The van der Waals surface area contributed by atoms with Crippen LogP contribution in [0.5, 0.6) is 0 Å². The molecule has 0 N–H and O–H groups in total. The number of ketones is 1. The third-order valence-corrected chi connectivity index (χ3v) is 1.76. The van der Waals surface area contributed by atoms with Gasteiger partial charge in [0.25, 0.3) is 5.78 Å². The molecule has 0 fully saturated rings. The fourth-order valence-electron chi connectivity index (χ4n) is 0.984. The van der Waals surface area contributed by atoms with Gasteiger partial charge in [0, 0.05) is 26.5 Å². The fourth-order valence-corrected chi connectivity index (χ4v) is 0.984. The molecule has 0 saturated carbocycles. The molecule has 0 unspecified atom stereocenters. The van der Waals surface area contributed by atoms with Crippen molar-refractivity contribution in [2.24, 2.45) is 0 Å². The monoisotopic (exact) mass is 223 g/mol. The van der Waals surface area contributed by atoms with Crippen molar-refractivity contribution in [1.82, 2.24) is 9.97 Å². The van der Waals surface area contributed by atoms with E-state index in [4.69, 9.17) is 0 Å². The van der Waals surface area contributed by atoms with E-state index in [0.717, 1.165) is 0 Å². The van der Waals surface area contributed by atoms with Gasteiger partial charge in [0.1, 0.15) is 0 Å². The molecule has 1 rings (SSSR count). The second kappa shape index (κ2) is 5.20. The second-order valence-corrected chi connectivity index (χ2v) is 3.22. The van der Waals surface area contributed by atoms with Gasteiger partial charge < -0.3 is 9.64 Å². The number of esters is 1. The third kappa shape index (κ3) is 2.75. The summed E-state index contributed by atoms with van der Waals surface area (Å²) in [5.74, 6) is -1.14. The first-order valence-corrected chi connectivity index (χ1v) is 4.77. The predicted octanol–water partition coefficient (Wildman–Crippen LogP) is 0.288. The van der Waals surface area contributed by atoms with Crippen LogP contribution >= 0.6 is 0 Å². The smallest absolute Gasteiger partial charge is 0.379 e. The number of carbonyl (C=O) groups excluding carboxylic acids is 2. The molecule has 0 atom stereocenters. The molecular formula is C10H13N3O3. The molecule has 6 heteroatoms. The molecular weight excluding hydrogens is 210 g/mol. The van der Waals surface area contributed by atoms with E-state index in [2.05, 4.69) is 14.7 Å². The molecule has 1 heterocycles. The summed E-state index contributed by atoms with van der Waals surface area (Å²) in [6, 6.07) is 0. The SMILES string of the molecule is CCOC(=O)C(=O)c1cnc(N(C)C)nc1. The highest BCUT2D eigenvalue weighted by atomic mass is 16.5. The molecule has 6 nitrogen and oxygen atoms in total. The van der Waals surface area contributed by atoms with Crippen LogP contribution in [0.25, 0.3) is 0 Å². The van der Waals surface area contributed by atoms with E-state index in [-0.39, 0.29) is 12.2 Å². The van der Waals surface area contributed by atoms with E-state index >= 15 is 0 Å². The number of aromatic nitrogens is 2. The van der Waals surface area contributed by atoms with Crippen molar-refractivity contribution < 1.29 is 14.3 Å². The average Bonchev–Trinajstić information content (AvgIpc) is 2.28. The zero-order valence-electron chi connectivity index (χ0n) is 9.43. The van der Waals surface area contributed by atoms with Crippen LogP contribution in [0.2, 0.25) is 0 Å². The van der Waals surface area contributed by atoms with Crippen molar-refractivity contribution >= 4 is 17.7 Å². The number of carbonyl (C=O) groups is 2. The van der Waals surface area contributed by atoms with Gasteiger partial charge in [-0.05, 0) is 6.92 Å². The number of ether oxygens (including phenoxy) is 1. The van der Waals surface area contributed by atoms with E-state index in [1.165, 1.54) is 12.4 Å². The lowest BCUT2D eigenvalue weighted by molar-refractivity contribution is -0.137. The topological polar surface area (TPSA) is 72.4 Å². The molecule has 0 saturated heterocycles. The minimum atomic E-state index is -0.885. The lowest BCUT2D eigenvalue weighted by Crippen LogP contribution is -2.19. The zero-order chi connectivity index (χ0) is 12.1. The molecule has 0 bridgehead atoms. The Labute approximate surface area is 93.3 Å². The summed E-state index contributed by atoms with van der Waals surface area (Å²) in [6.45, 7) is 1.80. The van der Waals surface area contributed by atoms with Crippen LogP contribution in [0.3, 0.4) is 0 Å². The van der Waals surface area contributed by atoms with Gasteiger partial charge in [0.2, 0.25) is 5.95 Å². The van der Waals surface area contributed by atoms with Crippen molar-refractivity contribution in [1.29, 1.82) is 0 Å². The molecule has 0 aliphatic heterocycles. The summed E-state index contributed by atoms with van der Waals surface area (Å²) < 4.78 is 4.58. The lowest BCUT2D eigenvalue weighted by Gasteiger charge is -2.09. The van der Waals surface area contributed by atoms with Crippen molar-refractivity contribution in [2.75, 3.05) is 25.6 Å². The van der Waals surface area contributed by atoms with Crippen LogP contribution in [0.4, 0.5) is 5.95 Å². The minimum absolute atomic E-state index is 0.129. The number of anilines is 1. The Kier molecular flexibility index (Phi) is 3.93. The first-order valence-electron chi connectivity index (χ1n) is 4.77. The van der Waals surface area contributed by atoms with Crippen LogP contribution in [0.1, 0.15) is 17.3 Å². The minimum Gasteiger partial charge on any atom is -0.460 e. The zero-order valence-corrected chi connectivity index (χ0v) is 9.43. The van der Waals surface area contributed by atoms with Crippen molar-refractivity contribution in [3.63, 3.8) is 0 Å². The molecule has 0 radical (unpaired) electrons. The molecule has 0 aliphatic carbocycles. The molecule has 16 heavy (non-hydrogen) atoms. The van der Waals surface area contributed by atoms with Crippen molar-refractivity contribution in [2.45, 2.75) is 6.92 Å². The van der Waals surface area contributed by atoms with Gasteiger partial charge in [-0.1, -0.05) is 0 Å². The summed E-state index contributed by atoms with van der Waals surface area (Å²) in [6.07, 6.45) is 2.61. The Hall–Kier alpha value is -1.98. The van der Waals surface area contributed by atoms with Crippen LogP contribution in [-0.2, 0) is 9.53 Å². The number of rotatable bonds is 4. The second-order valence-electron chi connectivity index (χ2n) is 3.22. The van der Waals surface area contributed by atoms with Crippen molar-refractivity contribution in [3.8, 4) is 0 Å². The molecule has 1 aromatic rings. The van der Waals surface area contributed by atoms with Gasteiger partial charge >= 0.3 is 5.97 Å². The Balaban J connectivity index is 2.81. The Morgan fingerprint density at radius 3 is 2.31 bits per heavy atom. The van der Waals surface area contributed by atoms with Crippen molar-refractivity contribution in [3.05, 3.63) is 18.0 Å². The average molecular weight is 223 g/mol.